The molecule has 1 atom stereocenters. The molecule has 0 spiro atoms. The van der Waals surface area contributed by atoms with Gasteiger partial charge in [0.15, 0.2) is 0 Å². The SMILES string of the molecule is Nc1nc(NCC2CC=CCC2)ccc1[N+](=O)[O-]. The first-order chi connectivity index (χ1) is 8.66. The van der Waals surface area contributed by atoms with Crippen LogP contribution in [-0.2, 0) is 0 Å². The first-order valence-corrected chi connectivity index (χ1v) is 5.96. The molecule has 0 aliphatic heterocycles. The number of aromatic nitrogens is 1. The number of anilines is 2. The minimum absolute atomic E-state index is 0.0476. The maximum Gasteiger partial charge on any atom is 0.311 e. The highest BCUT2D eigenvalue weighted by atomic mass is 16.6. The van der Waals surface area contributed by atoms with E-state index in [9.17, 15) is 10.1 Å². The van der Waals surface area contributed by atoms with Crippen LogP contribution in [0, 0.1) is 16.0 Å². The molecule has 1 aliphatic carbocycles. The second-order valence-corrected chi connectivity index (χ2v) is 4.39. The van der Waals surface area contributed by atoms with E-state index in [-0.39, 0.29) is 11.5 Å². The molecule has 18 heavy (non-hydrogen) atoms. The lowest BCUT2D eigenvalue weighted by Crippen LogP contribution is -2.16. The quantitative estimate of drug-likeness (QED) is 0.484. The average Bonchev–Trinajstić information content (AvgIpc) is 2.37. The van der Waals surface area contributed by atoms with Crippen LogP contribution < -0.4 is 11.1 Å². The predicted molar refractivity (Wildman–Crippen MR) is 70.3 cm³/mol. The molecule has 0 amide bonds. The Hall–Kier alpha value is -2.11. The molecule has 6 heteroatoms. The van der Waals surface area contributed by atoms with Crippen molar-refractivity contribution in [2.24, 2.45) is 5.92 Å². The lowest BCUT2D eigenvalue weighted by atomic mass is 9.94. The van der Waals surface area contributed by atoms with Gasteiger partial charge in [-0.1, -0.05) is 12.2 Å². The minimum atomic E-state index is -0.530. The Bertz CT molecular complexity index is 473. The third kappa shape index (κ3) is 2.97. The van der Waals surface area contributed by atoms with Gasteiger partial charge in [0, 0.05) is 12.6 Å². The van der Waals surface area contributed by atoms with Gasteiger partial charge in [0.05, 0.1) is 4.92 Å². The number of nitro groups is 1. The van der Waals surface area contributed by atoms with E-state index in [1.165, 1.54) is 6.07 Å². The third-order valence-corrected chi connectivity index (χ3v) is 3.05. The normalized spacial score (nSPS) is 18.6. The summed E-state index contributed by atoms with van der Waals surface area (Å²) < 4.78 is 0. The smallest absolute Gasteiger partial charge is 0.311 e. The molecule has 2 rings (SSSR count). The van der Waals surface area contributed by atoms with Gasteiger partial charge in [0.2, 0.25) is 5.82 Å². The van der Waals surface area contributed by atoms with Crippen LogP contribution >= 0.6 is 0 Å². The van der Waals surface area contributed by atoms with Crippen molar-refractivity contribution in [3.05, 3.63) is 34.4 Å². The van der Waals surface area contributed by atoms with Gasteiger partial charge in [-0.15, -0.1) is 0 Å². The molecule has 0 bridgehead atoms. The van der Waals surface area contributed by atoms with E-state index in [0.717, 1.165) is 25.8 Å². The van der Waals surface area contributed by atoms with Gasteiger partial charge in [0.25, 0.3) is 0 Å². The molecule has 0 fully saturated rings. The summed E-state index contributed by atoms with van der Waals surface area (Å²) in [4.78, 5) is 14.1. The van der Waals surface area contributed by atoms with Crippen LogP contribution in [0.25, 0.3) is 0 Å². The molecular formula is C12H16N4O2. The molecule has 1 unspecified atom stereocenters. The molecule has 0 saturated heterocycles. The Kier molecular flexibility index (Phi) is 3.76. The van der Waals surface area contributed by atoms with Gasteiger partial charge in [-0.2, -0.15) is 0 Å². The molecule has 1 aromatic heterocycles. The van der Waals surface area contributed by atoms with Crippen molar-refractivity contribution in [2.45, 2.75) is 19.3 Å². The predicted octanol–water partition coefficient (Wildman–Crippen LogP) is 2.34. The largest absolute Gasteiger partial charge is 0.378 e. The van der Waals surface area contributed by atoms with Crippen LogP contribution in [0.3, 0.4) is 0 Å². The molecule has 0 radical (unpaired) electrons. The standard InChI is InChI=1S/C12H16N4O2/c13-12-10(16(17)18)6-7-11(15-12)14-8-9-4-2-1-3-5-9/h1-2,6-7,9H,3-5,8H2,(H3,13,14,15). The Morgan fingerprint density at radius 3 is 2.94 bits per heavy atom. The molecule has 3 N–H and O–H groups in total. The first kappa shape index (κ1) is 12.3. The molecule has 6 nitrogen and oxygen atoms in total. The molecular weight excluding hydrogens is 232 g/mol. The average molecular weight is 248 g/mol. The van der Waals surface area contributed by atoms with Crippen molar-refractivity contribution in [3.8, 4) is 0 Å². The fourth-order valence-electron chi connectivity index (χ4n) is 2.01. The van der Waals surface area contributed by atoms with E-state index in [1.807, 2.05) is 0 Å². The Morgan fingerprint density at radius 2 is 2.33 bits per heavy atom. The number of nitrogen functional groups attached to an aromatic ring is 1. The lowest BCUT2D eigenvalue weighted by Gasteiger charge is -2.18. The molecule has 1 aromatic rings. The topological polar surface area (TPSA) is 94.1 Å². The number of nitrogens with zero attached hydrogens (tertiary/aromatic N) is 2. The summed E-state index contributed by atoms with van der Waals surface area (Å²) in [5.41, 5.74) is 5.38. The van der Waals surface area contributed by atoms with Crippen molar-refractivity contribution >= 4 is 17.3 Å². The van der Waals surface area contributed by atoms with Crippen LogP contribution in [0.4, 0.5) is 17.3 Å². The molecule has 0 saturated carbocycles. The monoisotopic (exact) mass is 248 g/mol. The van der Waals surface area contributed by atoms with Gasteiger partial charge in [0.1, 0.15) is 5.82 Å². The van der Waals surface area contributed by atoms with Gasteiger partial charge in [-0.3, -0.25) is 10.1 Å². The summed E-state index contributed by atoms with van der Waals surface area (Å²) in [6.45, 7) is 0.814. The van der Waals surface area contributed by atoms with E-state index < -0.39 is 4.92 Å². The van der Waals surface area contributed by atoms with Crippen LogP contribution in [0.2, 0.25) is 0 Å². The maximum absolute atomic E-state index is 10.6. The highest BCUT2D eigenvalue weighted by Gasteiger charge is 2.14. The fourth-order valence-corrected chi connectivity index (χ4v) is 2.01. The first-order valence-electron chi connectivity index (χ1n) is 5.96. The Balaban J connectivity index is 1.95. The van der Waals surface area contributed by atoms with E-state index in [2.05, 4.69) is 22.5 Å². The van der Waals surface area contributed by atoms with Crippen molar-refractivity contribution < 1.29 is 4.92 Å². The number of pyridine rings is 1. The number of nitrogens with two attached hydrogens (primary N) is 1. The summed E-state index contributed by atoms with van der Waals surface area (Å²) >= 11 is 0. The zero-order valence-electron chi connectivity index (χ0n) is 10.0. The van der Waals surface area contributed by atoms with Gasteiger partial charge >= 0.3 is 5.69 Å². The summed E-state index contributed by atoms with van der Waals surface area (Å²) in [5.74, 6) is 1.13. The summed E-state index contributed by atoms with van der Waals surface area (Å²) in [7, 11) is 0. The number of nitrogens with one attached hydrogen (secondary N) is 1. The van der Waals surface area contributed by atoms with E-state index in [1.54, 1.807) is 6.07 Å². The van der Waals surface area contributed by atoms with E-state index in [4.69, 9.17) is 5.73 Å². The van der Waals surface area contributed by atoms with Crippen molar-refractivity contribution in [3.63, 3.8) is 0 Å². The van der Waals surface area contributed by atoms with Gasteiger partial charge in [-0.05, 0) is 31.2 Å². The number of hydrogen-bond donors (Lipinski definition) is 2. The number of hydrogen-bond acceptors (Lipinski definition) is 5. The Labute approximate surface area is 105 Å². The van der Waals surface area contributed by atoms with Gasteiger partial charge in [-0.25, -0.2) is 4.98 Å². The van der Waals surface area contributed by atoms with Crippen LogP contribution in [-0.4, -0.2) is 16.5 Å². The molecule has 0 aromatic carbocycles. The number of rotatable bonds is 4. The maximum atomic E-state index is 10.6. The molecule has 1 aliphatic rings. The number of allylic oxidation sites excluding steroid dienone is 2. The zero-order valence-corrected chi connectivity index (χ0v) is 10.0. The van der Waals surface area contributed by atoms with Crippen molar-refractivity contribution in [2.75, 3.05) is 17.6 Å². The fraction of sp³-hybridized carbons (Fsp3) is 0.417. The van der Waals surface area contributed by atoms with Crippen molar-refractivity contribution in [1.82, 2.24) is 4.98 Å². The summed E-state index contributed by atoms with van der Waals surface area (Å²) in [6, 6.07) is 2.97. The van der Waals surface area contributed by atoms with Crippen molar-refractivity contribution in [1.29, 1.82) is 0 Å². The highest BCUT2D eigenvalue weighted by Crippen LogP contribution is 2.22. The van der Waals surface area contributed by atoms with Gasteiger partial charge < -0.3 is 11.1 Å². The molecule has 1 heterocycles. The third-order valence-electron chi connectivity index (χ3n) is 3.05. The minimum Gasteiger partial charge on any atom is -0.378 e. The second kappa shape index (κ2) is 5.48. The van der Waals surface area contributed by atoms with E-state index in [0.29, 0.717) is 11.7 Å². The second-order valence-electron chi connectivity index (χ2n) is 4.39. The van der Waals surface area contributed by atoms with Crippen LogP contribution in [0.15, 0.2) is 24.3 Å². The van der Waals surface area contributed by atoms with Crippen LogP contribution in [0.5, 0.6) is 0 Å². The zero-order chi connectivity index (χ0) is 13.0. The summed E-state index contributed by atoms with van der Waals surface area (Å²) in [6.07, 6.45) is 7.72. The Morgan fingerprint density at radius 1 is 1.50 bits per heavy atom. The lowest BCUT2D eigenvalue weighted by molar-refractivity contribution is -0.384. The summed E-state index contributed by atoms with van der Waals surface area (Å²) in [5, 5.41) is 13.8. The van der Waals surface area contributed by atoms with Crippen LogP contribution in [0.1, 0.15) is 19.3 Å². The molecule has 96 valence electrons. The highest BCUT2D eigenvalue weighted by molar-refractivity contribution is 5.57. The van der Waals surface area contributed by atoms with E-state index >= 15 is 0 Å².